The first-order chi connectivity index (χ1) is 22.9. The Morgan fingerprint density at radius 2 is 1.79 bits per heavy atom. The molecule has 12 heteroatoms. The lowest BCUT2D eigenvalue weighted by Crippen LogP contribution is -2.47. The maximum absolute atomic E-state index is 14.4. The molecule has 1 aliphatic heterocycles. The fourth-order valence-electron chi connectivity index (χ4n) is 5.69. The lowest BCUT2D eigenvalue weighted by Gasteiger charge is -2.36. The average Bonchev–Trinajstić information content (AvgIpc) is 3.06. The molecule has 262 valence electrons. The minimum absolute atomic E-state index is 0.118. The molecule has 0 bridgehead atoms. The predicted molar refractivity (Wildman–Crippen MR) is 183 cm³/mol. The minimum atomic E-state index is -4.07. The lowest BCUT2D eigenvalue weighted by molar-refractivity contribution is -0.0177. The fraction of sp³-hybridized carbons (Fsp3) is 0.472. The first-order valence-corrected chi connectivity index (χ1v) is 17.8. The maximum Gasteiger partial charge on any atom is 0.261 e. The topological polar surface area (TPSA) is 118 Å². The van der Waals surface area contributed by atoms with Gasteiger partial charge in [-0.05, 0) is 100 Å². The number of nitrogens with one attached hydrogen (secondary N) is 1. The Bertz CT molecular complexity index is 1590. The van der Waals surface area contributed by atoms with Crippen LogP contribution in [0.15, 0.2) is 71.6 Å². The molecule has 1 amide bonds. The van der Waals surface area contributed by atoms with Crippen molar-refractivity contribution < 1.29 is 36.9 Å². The molecule has 4 rings (SSSR count). The number of nitrogens with zero attached hydrogens (tertiary/aromatic N) is 2. The van der Waals surface area contributed by atoms with Crippen molar-refractivity contribution in [2.75, 3.05) is 45.2 Å². The van der Waals surface area contributed by atoms with Crippen molar-refractivity contribution in [3.05, 3.63) is 83.7 Å². The van der Waals surface area contributed by atoms with Crippen molar-refractivity contribution in [2.24, 2.45) is 5.92 Å². The summed E-state index contributed by atoms with van der Waals surface area (Å²) in [6.07, 6.45) is 1.99. The van der Waals surface area contributed by atoms with E-state index in [2.05, 4.69) is 9.62 Å². The van der Waals surface area contributed by atoms with Gasteiger partial charge in [-0.25, -0.2) is 12.8 Å². The molecule has 0 fully saturated rings. The fourth-order valence-corrected chi connectivity index (χ4v) is 6.74. The number of aliphatic hydroxyl groups excluding tert-OH is 1. The molecule has 10 nitrogen and oxygen atoms in total. The van der Waals surface area contributed by atoms with Gasteiger partial charge in [-0.2, -0.15) is 0 Å². The number of rotatable bonds is 10. The van der Waals surface area contributed by atoms with Crippen LogP contribution in [0.3, 0.4) is 0 Å². The number of anilines is 1. The van der Waals surface area contributed by atoms with Crippen molar-refractivity contribution in [3.63, 3.8) is 0 Å². The highest BCUT2D eigenvalue weighted by atomic mass is 32.2. The van der Waals surface area contributed by atoms with E-state index in [4.69, 9.17) is 14.2 Å². The summed E-state index contributed by atoms with van der Waals surface area (Å²) in [5.41, 5.74) is 1.45. The van der Waals surface area contributed by atoms with E-state index in [-0.39, 0.29) is 47.4 Å². The van der Waals surface area contributed by atoms with Crippen molar-refractivity contribution >= 4 is 21.6 Å². The van der Waals surface area contributed by atoms with E-state index in [0.29, 0.717) is 25.4 Å². The Kier molecular flexibility index (Phi) is 13.2. The third-order valence-corrected chi connectivity index (χ3v) is 9.93. The summed E-state index contributed by atoms with van der Waals surface area (Å²) in [6.45, 7) is 7.62. The predicted octanol–water partition coefficient (Wildman–Crippen LogP) is 5.56. The molecule has 0 radical (unpaired) electrons. The van der Waals surface area contributed by atoms with Gasteiger partial charge in [-0.1, -0.05) is 19.1 Å². The normalized spacial score (nSPS) is 20.4. The van der Waals surface area contributed by atoms with E-state index in [9.17, 15) is 22.7 Å². The number of fused-ring (bicyclic) bond motifs is 1. The van der Waals surface area contributed by atoms with Gasteiger partial charge in [0.1, 0.15) is 17.3 Å². The first-order valence-electron chi connectivity index (χ1n) is 16.3. The largest absolute Gasteiger partial charge is 0.497 e. The van der Waals surface area contributed by atoms with E-state index in [1.165, 1.54) is 24.3 Å². The molecule has 48 heavy (non-hydrogen) atoms. The molecule has 4 atom stereocenters. The van der Waals surface area contributed by atoms with Crippen LogP contribution in [-0.2, 0) is 21.3 Å². The minimum Gasteiger partial charge on any atom is -0.497 e. The summed E-state index contributed by atoms with van der Waals surface area (Å²) in [5.74, 6) is 0.0411. The SMILES string of the molecule is COc1ccc(CN(C)C[C@H]2OCCCC[C@@H](C)Oc3ccc(NS(=O)(=O)c4ccc(F)cc4)cc3C(=O)N([C@@H](C)CO)C[C@H]2C)cc1. The van der Waals surface area contributed by atoms with Gasteiger partial charge in [-0.3, -0.25) is 14.4 Å². The molecule has 3 aromatic carbocycles. The van der Waals surface area contributed by atoms with Crippen molar-refractivity contribution in [1.29, 1.82) is 0 Å². The molecule has 0 saturated heterocycles. The van der Waals surface area contributed by atoms with E-state index in [1.54, 1.807) is 25.0 Å². The van der Waals surface area contributed by atoms with Gasteiger partial charge in [0.25, 0.3) is 15.9 Å². The number of carbonyl (C=O) groups is 1. The number of methoxy groups -OCH3 is 1. The standard InChI is InChI=1S/C36H48FN3O7S/c1-25-21-40(26(2)24-41)36(42)33-20-30(38-48(43,44)32-16-11-29(37)12-17-32)13-18-34(33)47-27(3)8-6-7-19-46-35(25)23-39(4)22-28-9-14-31(45-5)15-10-28/h9-18,20,25-27,35,38,41H,6-8,19,21-24H2,1-5H3/t25-,26+,27-,35-/m1/s1. The molecule has 0 unspecified atom stereocenters. The Morgan fingerprint density at radius 1 is 1.08 bits per heavy atom. The quantitative estimate of drug-likeness (QED) is 0.285. The van der Waals surface area contributed by atoms with Crippen LogP contribution < -0.4 is 14.2 Å². The van der Waals surface area contributed by atoms with Crippen molar-refractivity contribution in [2.45, 2.75) is 69.7 Å². The Hall–Kier alpha value is -3.71. The molecular formula is C36H48FN3O7S. The monoisotopic (exact) mass is 685 g/mol. The third kappa shape index (κ3) is 10.1. The zero-order valence-electron chi connectivity index (χ0n) is 28.4. The van der Waals surface area contributed by atoms with Gasteiger partial charge in [0.2, 0.25) is 0 Å². The van der Waals surface area contributed by atoms with Crippen LogP contribution >= 0.6 is 0 Å². The number of carbonyl (C=O) groups excluding carboxylic acids is 1. The first kappa shape index (κ1) is 37.1. The van der Waals surface area contributed by atoms with Crippen LogP contribution in [0.4, 0.5) is 10.1 Å². The van der Waals surface area contributed by atoms with Crippen LogP contribution in [0.25, 0.3) is 0 Å². The lowest BCUT2D eigenvalue weighted by atomic mass is 10.0. The van der Waals surface area contributed by atoms with Crippen molar-refractivity contribution in [1.82, 2.24) is 9.80 Å². The molecule has 2 N–H and O–H groups in total. The molecule has 1 aliphatic rings. The van der Waals surface area contributed by atoms with Gasteiger partial charge in [-0.15, -0.1) is 0 Å². The number of sulfonamides is 1. The van der Waals surface area contributed by atoms with E-state index >= 15 is 0 Å². The zero-order chi connectivity index (χ0) is 34.8. The Morgan fingerprint density at radius 3 is 2.46 bits per heavy atom. The average molecular weight is 686 g/mol. The zero-order valence-corrected chi connectivity index (χ0v) is 29.2. The van der Waals surface area contributed by atoms with Gasteiger partial charge in [0, 0.05) is 37.8 Å². The van der Waals surface area contributed by atoms with Crippen LogP contribution in [0.1, 0.15) is 56.0 Å². The van der Waals surface area contributed by atoms with Crippen LogP contribution in [0.2, 0.25) is 0 Å². The molecule has 1 heterocycles. The second-order valence-electron chi connectivity index (χ2n) is 12.6. The number of aliphatic hydroxyl groups is 1. The molecule has 0 saturated carbocycles. The molecule has 0 spiro atoms. The van der Waals surface area contributed by atoms with Crippen LogP contribution in [0, 0.1) is 11.7 Å². The number of ether oxygens (including phenoxy) is 3. The highest BCUT2D eigenvalue weighted by Crippen LogP contribution is 2.30. The number of hydrogen-bond acceptors (Lipinski definition) is 8. The summed E-state index contributed by atoms with van der Waals surface area (Å²) in [4.78, 5) is 18.0. The molecule has 3 aromatic rings. The van der Waals surface area contributed by atoms with E-state index < -0.39 is 27.8 Å². The number of halogens is 1. The second-order valence-corrected chi connectivity index (χ2v) is 14.3. The number of benzene rings is 3. The number of hydrogen-bond donors (Lipinski definition) is 2. The van der Waals surface area contributed by atoms with Crippen LogP contribution in [0.5, 0.6) is 11.5 Å². The van der Waals surface area contributed by atoms with Gasteiger partial charge in [0.05, 0.1) is 42.4 Å². The van der Waals surface area contributed by atoms with Crippen LogP contribution in [-0.4, -0.2) is 87.9 Å². The highest BCUT2D eigenvalue weighted by molar-refractivity contribution is 7.92. The number of amides is 1. The second kappa shape index (κ2) is 17.1. The van der Waals surface area contributed by atoms with E-state index in [1.807, 2.05) is 45.2 Å². The Balaban J connectivity index is 1.62. The number of likely N-dealkylation sites (N-methyl/N-ethyl adjacent to an activating group) is 1. The summed E-state index contributed by atoms with van der Waals surface area (Å²) in [7, 11) is -0.395. The Labute approximate surface area is 283 Å². The van der Waals surface area contributed by atoms with Gasteiger partial charge >= 0.3 is 0 Å². The maximum atomic E-state index is 14.4. The van der Waals surface area contributed by atoms with E-state index in [0.717, 1.165) is 42.7 Å². The van der Waals surface area contributed by atoms with Gasteiger partial charge in [0.15, 0.2) is 0 Å². The van der Waals surface area contributed by atoms with Crippen molar-refractivity contribution in [3.8, 4) is 11.5 Å². The summed E-state index contributed by atoms with van der Waals surface area (Å²) in [6, 6.07) is 16.5. The summed E-state index contributed by atoms with van der Waals surface area (Å²) < 4.78 is 60.2. The summed E-state index contributed by atoms with van der Waals surface area (Å²) >= 11 is 0. The molecule has 0 aromatic heterocycles. The molecular weight excluding hydrogens is 637 g/mol. The summed E-state index contributed by atoms with van der Waals surface area (Å²) in [5, 5.41) is 10.2. The van der Waals surface area contributed by atoms with Gasteiger partial charge < -0.3 is 24.2 Å². The third-order valence-electron chi connectivity index (χ3n) is 8.53. The highest BCUT2D eigenvalue weighted by Gasteiger charge is 2.30. The smallest absolute Gasteiger partial charge is 0.261 e. The molecule has 0 aliphatic carbocycles.